The van der Waals surface area contributed by atoms with Gasteiger partial charge in [-0.2, -0.15) is 0 Å². The molecule has 2 N–H and O–H groups in total. The van der Waals surface area contributed by atoms with Crippen molar-refractivity contribution in [3.63, 3.8) is 0 Å². The fourth-order valence-corrected chi connectivity index (χ4v) is 2.03. The van der Waals surface area contributed by atoms with Crippen molar-refractivity contribution in [3.8, 4) is 11.5 Å². The van der Waals surface area contributed by atoms with Crippen molar-refractivity contribution < 1.29 is 14.3 Å². The highest BCUT2D eigenvalue weighted by molar-refractivity contribution is 5.89. The van der Waals surface area contributed by atoms with Crippen molar-refractivity contribution in [2.75, 3.05) is 19.0 Å². The van der Waals surface area contributed by atoms with E-state index < -0.39 is 0 Å². The maximum atomic E-state index is 11.8. The highest BCUT2D eigenvalue weighted by atomic mass is 16.5. The summed E-state index contributed by atoms with van der Waals surface area (Å²) in [4.78, 5) is 11.8. The van der Waals surface area contributed by atoms with Crippen molar-refractivity contribution >= 4 is 11.7 Å². The Hall–Kier alpha value is -2.53. The number of anilines is 1. The first-order valence-electron chi connectivity index (χ1n) is 7.48. The molecule has 0 radical (unpaired) electrons. The first-order valence-corrected chi connectivity index (χ1v) is 7.48. The molecular formula is C18H22N2O3. The molecule has 0 aromatic heterocycles. The quantitative estimate of drug-likeness (QED) is 0.849. The van der Waals surface area contributed by atoms with Crippen molar-refractivity contribution in [2.45, 2.75) is 19.9 Å². The van der Waals surface area contributed by atoms with Gasteiger partial charge in [-0.3, -0.25) is 0 Å². The second-order valence-corrected chi connectivity index (χ2v) is 5.39. The van der Waals surface area contributed by atoms with Crippen LogP contribution in [0.15, 0.2) is 48.5 Å². The summed E-state index contributed by atoms with van der Waals surface area (Å²) in [6.45, 7) is 4.38. The molecule has 122 valence electrons. The molecule has 2 amide bonds. The first kappa shape index (κ1) is 16.8. The lowest BCUT2D eigenvalue weighted by Gasteiger charge is -2.14. The zero-order valence-electron chi connectivity index (χ0n) is 13.6. The fourth-order valence-electron chi connectivity index (χ4n) is 2.03. The van der Waals surface area contributed by atoms with Gasteiger partial charge in [0.25, 0.3) is 0 Å². The summed E-state index contributed by atoms with van der Waals surface area (Å²) < 4.78 is 10.7. The molecule has 0 saturated carbocycles. The highest BCUT2D eigenvalue weighted by Gasteiger charge is 2.07. The van der Waals surface area contributed by atoms with E-state index in [1.807, 2.05) is 50.2 Å². The number of carbonyl (C=O) groups is 1. The zero-order chi connectivity index (χ0) is 16.7. The monoisotopic (exact) mass is 314 g/mol. The van der Waals surface area contributed by atoms with Crippen molar-refractivity contribution in [2.24, 2.45) is 0 Å². The Labute approximate surface area is 136 Å². The number of amides is 2. The second kappa shape index (κ2) is 8.19. The van der Waals surface area contributed by atoms with E-state index in [1.54, 1.807) is 19.2 Å². The normalized spacial score (nSPS) is 11.6. The molecule has 2 rings (SSSR count). The maximum absolute atomic E-state index is 11.8. The molecule has 0 saturated heterocycles. The van der Waals surface area contributed by atoms with Crippen LogP contribution in [-0.4, -0.2) is 25.8 Å². The number of benzene rings is 2. The molecule has 0 aliphatic carbocycles. The number of methoxy groups -OCH3 is 1. The number of hydrogen-bond donors (Lipinski definition) is 2. The number of nitrogens with one attached hydrogen (secondary N) is 2. The number of ether oxygens (including phenoxy) is 2. The van der Waals surface area contributed by atoms with Gasteiger partial charge in [0.1, 0.15) is 11.5 Å². The average molecular weight is 314 g/mol. The van der Waals surface area contributed by atoms with E-state index in [4.69, 9.17) is 9.47 Å². The topological polar surface area (TPSA) is 59.6 Å². The zero-order valence-corrected chi connectivity index (χ0v) is 13.6. The summed E-state index contributed by atoms with van der Waals surface area (Å²) in [5.74, 6) is 1.50. The predicted octanol–water partition coefficient (Wildman–Crippen LogP) is 3.94. The number of rotatable bonds is 6. The summed E-state index contributed by atoms with van der Waals surface area (Å²) in [6.07, 6.45) is 0. The van der Waals surface area contributed by atoms with Crippen LogP contribution in [-0.2, 0) is 4.74 Å². The molecule has 1 unspecified atom stereocenters. The van der Waals surface area contributed by atoms with Gasteiger partial charge in [-0.15, -0.1) is 0 Å². The molecule has 0 aliphatic heterocycles. The minimum absolute atomic E-state index is 0.0517. The van der Waals surface area contributed by atoms with Gasteiger partial charge >= 0.3 is 6.03 Å². The Morgan fingerprint density at radius 2 is 1.61 bits per heavy atom. The molecule has 0 bridgehead atoms. The van der Waals surface area contributed by atoms with Gasteiger partial charge in [-0.1, -0.05) is 17.7 Å². The van der Waals surface area contributed by atoms with Crippen LogP contribution in [0.1, 0.15) is 12.5 Å². The van der Waals surface area contributed by atoms with Crippen molar-refractivity contribution in [1.29, 1.82) is 0 Å². The Balaban J connectivity index is 1.89. The molecule has 2 aromatic carbocycles. The highest BCUT2D eigenvalue weighted by Crippen LogP contribution is 2.23. The van der Waals surface area contributed by atoms with Gasteiger partial charge < -0.3 is 20.1 Å². The maximum Gasteiger partial charge on any atom is 0.319 e. The second-order valence-electron chi connectivity index (χ2n) is 5.39. The number of urea groups is 1. The van der Waals surface area contributed by atoms with E-state index in [2.05, 4.69) is 10.6 Å². The SMILES string of the molecule is COCC(C)NC(=O)Nc1ccc(Oc2ccc(C)cc2)cc1. The smallest absolute Gasteiger partial charge is 0.319 e. The van der Waals surface area contributed by atoms with E-state index in [0.29, 0.717) is 18.0 Å². The van der Waals surface area contributed by atoms with E-state index >= 15 is 0 Å². The van der Waals surface area contributed by atoms with Crippen LogP contribution in [0.3, 0.4) is 0 Å². The molecular weight excluding hydrogens is 292 g/mol. The number of carbonyl (C=O) groups excluding carboxylic acids is 1. The van der Waals surface area contributed by atoms with Crippen molar-refractivity contribution in [1.82, 2.24) is 5.32 Å². The van der Waals surface area contributed by atoms with Gasteiger partial charge in [0.15, 0.2) is 0 Å². The fraction of sp³-hybridized carbons (Fsp3) is 0.278. The molecule has 0 heterocycles. The lowest BCUT2D eigenvalue weighted by molar-refractivity contribution is 0.173. The van der Waals surface area contributed by atoms with E-state index in [1.165, 1.54) is 5.56 Å². The Bertz CT molecular complexity index is 624. The van der Waals surface area contributed by atoms with Gasteiger partial charge in [-0.25, -0.2) is 4.79 Å². The molecule has 23 heavy (non-hydrogen) atoms. The van der Waals surface area contributed by atoms with Crippen LogP contribution >= 0.6 is 0 Å². The minimum Gasteiger partial charge on any atom is -0.457 e. The summed E-state index contributed by atoms with van der Waals surface area (Å²) in [6, 6.07) is 14.7. The van der Waals surface area contributed by atoms with Crippen LogP contribution < -0.4 is 15.4 Å². The lowest BCUT2D eigenvalue weighted by Crippen LogP contribution is -2.38. The third-order valence-electron chi connectivity index (χ3n) is 3.16. The summed E-state index contributed by atoms with van der Waals surface area (Å²) in [7, 11) is 1.60. The molecule has 2 aromatic rings. The van der Waals surface area contributed by atoms with Crippen LogP contribution in [0.25, 0.3) is 0 Å². The van der Waals surface area contributed by atoms with Crippen molar-refractivity contribution in [3.05, 3.63) is 54.1 Å². The largest absolute Gasteiger partial charge is 0.457 e. The Morgan fingerprint density at radius 1 is 1.04 bits per heavy atom. The molecule has 0 fully saturated rings. The molecule has 0 aliphatic rings. The summed E-state index contributed by atoms with van der Waals surface area (Å²) >= 11 is 0. The molecule has 0 spiro atoms. The summed E-state index contributed by atoms with van der Waals surface area (Å²) in [5, 5.41) is 5.55. The van der Waals surface area contributed by atoms with E-state index in [-0.39, 0.29) is 12.1 Å². The van der Waals surface area contributed by atoms with Gasteiger partial charge in [0, 0.05) is 12.8 Å². The van der Waals surface area contributed by atoms with Gasteiger partial charge in [0.05, 0.1) is 12.6 Å². The Morgan fingerprint density at radius 3 is 2.17 bits per heavy atom. The molecule has 5 nitrogen and oxygen atoms in total. The predicted molar refractivity (Wildman–Crippen MR) is 91.2 cm³/mol. The lowest BCUT2D eigenvalue weighted by atomic mass is 10.2. The van der Waals surface area contributed by atoms with Crippen LogP contribution in [0, 0.1) is 6.92 Å². The van der Waals surface area contributed by atoms with Gasteiger partial charge in [-0.05, 0) is 50.2 Å². The summed E-state index contributed by atoms with van der Waals surface area (Å²) in [5.41, 5.74) is 1.88. The third-order valence-corrected chi connectivity index (χ3v) is 3.16. The van der Waals surface area contributed by atoms with Crippen LogP contribution in [0.4, 0.5) is 10.5 Å². The van der Waals surface area contributed by atoms with Crippen LogP contribution in [0.2, 0.25) is 0 Å². The van der Waals surface area contributed by atoms with E-state index in [9.17, 15) is 4.79 Å². The van der Waals surface area contributed by atoms with E-state index in [0.717, 1.165) is 5.75 Å². The van der Waals surface area contributed by atoms with Crippen LogP contribution in [0.5, 0.6) is 11.5 Å². The number of aryl methyl sites for hydroxylation is 1. The number of hydrogen-bond acceptors (Lipinski definition) is 3. The average Bonchev–Trinajstić information content (AvgIpc) is 2.51. The molecule has 1 atom stereocenters. The van der Waals surface area contributed by atoms with Gasteiger partial charge in [0.2, 0.25) is 0 Å². The standard InChI is InChI=1S/C18H22N2O3/c1-13-4-8-16(9-5-13)23-17-10-6-15(7-11-17)20-18(21)19-14(2)12-22-3/h4-11,14H,12H2,1-3H3,(H2,19,20,21). The third kappa shape index (κ3) is 5.64. The minimum atomic E-state index is -0.262. The Kier molecular flexibility index (Phi) is 6.00. The first-order chi connectivity index (χ1) is 11.1. The molecule has 5 heteroatoms.